The van der Waals surface area contributed by atoms with Gasteiger partial charge in [-0.05, 0) is 41.4 Å². The normalized spacial score (nSPS) is 23.8. The van der Waals surface area contributed by atoms with Gasteiger partial charge in [0.2, 0.25) is 0 Å². The Bertz CT molecular complexity index is 381. The Morgan fingerprint density at radius 1 is 1.29 bits per heavy atom. The first-order valence-corrected chi connectivity index (χ1v) is 6.98. The van der Waals surface area contributed by atoms with E-state index in [0.29, 0.717) is 12.0 Å². The van der Waals surface area contributed by atoms with Gasteiger partial charge in [0.05, 0.1) is 0 Å². The molecule has 0 saturated carbocycles. The minimum atomic E-state index is 0.563. The molecule has 0 aromatic heterocycles. The van der Waals surface area contributed by atoms with Gasteiger partial charge in [-0.15, -0.1) is 0 Å². The Hall–Kier alpha value is -0.820. The van der Waals surface area contributed by atoms with Crippen LogP contribution >= 0.6 is 0 Å². The minimum absolute atomic E-state index is 0.563. The second-order valence-electron chi connectivity index (χ2n) is 5.83. The van der Waals surface area contributed by atoms with Crippen molar-refractivity contribution >= 4 is 0 Å². The third-order valence-electron chi connectivity index (χ3n) is 3.78. The summed E-state index contributed by atoms with van der Waals surface area (Å²) in [5.41, 5.74) is 4.60. The van der Waals surface area contributed by atoms with Crippen molar-refractivity contribution in [3.05, 3.63) is 34.9 Å². The lowest BCUT2D eigenvalue weighted by Crippen LogP contribution is -2.31. The highest BCUT2D eigenvalue weighted by Crippen LogP contribution is 2.32. The third kappa shape index (κ3) is 2.71. The van der Waals surface area contributed by atoms with Crippen LogP contribution in [0.1, 0.15) is 62.8 Å². The molecule has 1 heterocycles. The number of hydrogen-bond donors (Lipinski definition) is 1. The Balaban J connectivity index is 2.33. The quantitative estimate of drug-likeness (QED) is 0.827. The molecule has 2 unspecified atom stereocenters. The highest BCUT2D eigenvalue weighted by Gasteiger charge is 2.23. The second kappa shape index (κ2) is 5.22. The fourth-order valence-corrected chi connectivity index (χ4v) is 2.88. The largest absolute Gasteiger partial charge is 0.309 e. The number of benzene rings is 1. The Kier molecular flexibility index (Phi) is 3.88. The van der Waals surface area contributed by atoms with Gasteiger partial charge in [-0.3, -0.25) is 0 Å². The van der Waals surface area contributed by atoms with E-state index in [1.807, 2.05) is 0 Å². The molecule has 1 aliphatic rings. The van der Waals surface area contributed by atoms with E-state index in [2.05, 4.69) is 51.2 Å². The zero-order valence-electron chi connectivity index (χ0n) is 11.6. The minimum Gasteiger partial charge on any atom is -0.309 e. The van der Waals surface area contributed by atoms with E-state index in [0.717, 1.165) is 12.5 Å². The molecule has 2 rings (SSSR count). The highest BCUT2D eigenvalue weighted by atomic mass is 14.9. The van der Waals surface area contributed by atoms with Crippen molar-refractivity contribution in [3.8, 4) is 0 Å². The molecular weight excluding hydrogens is 206 g/mol. The van der Waals surface area contributed by atoms with E-state index in [-0.39, 0.29) is 0 Å². The summed E-state index contributed by atoms with van der Waals surface area (Å²) in [6.07, 6.45) is 2.38. The van der Waals surface area contributed by atoms with Gasteiger partial charge >= 0.3 is 0 Å². The molecule has 0 saturated heterocycles. The molecule has 2 atom stereocenters. The van der Waals surface area contributed by atoms with Gasteiger partial charge in [0.25, 0.3) is 0 Å². The Morgan fingerprint density at radius 3 is 2.71 bits per heavy atom. The fraction of sp³-hybridized carbons (Fsp3) is 0.625. The molecule has 0 radical (unpaired) electrons. The lowest BCUT2D eigenvalue weighted by Gasteiger charge is -2.31. The summed E-state index contributed by atoms with van der Waals surface area (Å²) < 4.78 is 0. The first kappa shape index (κ1) is 12.6. The monoisotopic (exact) mass is 231 g/mol. The molecule has 1 aliphatic heterocycles. The van der Waals surface area contributed by atoms with Crippen LogP contribution in [0.2, 0.25) is 0 Å². The maximum absolute atomic E-state index is 3.66. The standard InChI is InChI=1S/C16H25N/c1-5-16-15-9-13(8-11(2)3)6-7-14(15)12(4)10-17-16/h6-7,9,11-12,16-17H,5,8,10H2,1-4H3. The molecule has 17 heavy (non-hydrogen) atoms. The van der Waals surface area contributed by atoms with Crippen molar-refractivity contribution in [2.75, 3.05) is 6.54 Å². The molecule has 94 valence electrons. The lowest BCUT2D eigenvalue weighted by molar-refractivity contribution is 0.457. The van der Waals surface area contributed by atoms with Crippen LogP contribution in [0.5, 0.6) is 0 Å². The average Bonchev–Trinajstić information content (AvgIpc) is 2.29. The van der Waals surface area contributed by atoms with Gasteiger partial charge in [0, 0.05) is 12.6 Å². The van der Waals surface area contributed by atoms with Crippen LogP contribution in [0.25, 0.3) is 0 Å². The van der Waals surface area contributed by atoms with E-state index < -0.39 is 0 Å². The van der Waals surface area contributed by atoms with Crippen molar-refractivity contribution < 1.29 is 0 Å². The number of hydrogen-bond acceptors (Lipinski definition) is 1. The van der Waals surface area contributed by atoms with Crippen LogP contribution in [0.4, 0.5) is 0 Å². The smallest absolute Gasteiger partial charge is 0.0320 e. The van der Waals surface area contributed by atoms with Crippen LogP contribution < -0.4 is 5.32 Å². The van der Waals surface area contributed by atoms with Crippen molar-refractivity contribution in [1.29, 1.82) is 0 Å². The maximum atomic E-state index is 3.66. The molecule has 1 aromatic carbocycles. The zero-order chi connectivity index (χ0) is 12.4. The number of fused-ring (bicyclic) bond motifs is 1. The molecule has 0 spiro atoms. The van der Waals surface area contributed by atoms with E-state index in [1.54, 1.807) is 11.1 Å². The first-order chi connectivity index (χ1) is 8.11. The summed E-state index contributed by atoms with van der Waals surface area (Å²) in [5.74, 6) is 1.39. The van der Waals surface area contributed by atoms with Gasteiger partial charge in [-0.25, -0.2) is 0 Å². The SMILES string of the molecule is CCC1NCC(C)c2ccc(CC(C)C)cc21. The van der Waals surface area contributed by atoms with E-state index in [9.17, 15) is 0 Å². The maximum Gasteiger partial charge on any atom is 0.0320 e. The average molecular weight is 231 g/mol. The molecule has 0 aliphatic carbocycles. The molecule has 1 heteroatoms. The van der Waals surface area contributed by atoms with Gasteiger partial charge in [0.1, 0.15) is 0 Å². The van der Waals surface area contributed by atoms with Crippen LogP contribution in [-0.4, -0.2) is 6.54 Å². The van der Waals surface area contributed by atoms with Crippen LogP contribution in [0.15, 0.2) is 18.2 Å². The second-order valence-corrected chi connectivity index (χ2v) is 5.83. The zero-order valence-corrected chi connectivity index (χ0v) is 11.6. The van der Waals surface area contributed by atoms with Gasteiger partial charge in [0.15, 0.2) is 0 Å². The number of rotatable bonds is 3. The molecule has 0 fully saturated rings. The summed E-state index contributed by atoms with van der Waals surface area (Å²) in [7, 11) is 0. The third-order valence-corrected chi connectivity index (χ3v) is 3.78. The van der Waals surface area contributed by atoms with E-state index in [1.165, 1.54) is 18.4 Å². The fourth-order valence-electron chi connectivity index (χ4n) is 2.88. The molecule has 1 aromatic rings. The van der Waals surface area contributed by atoms with Gasteiger partial charge < -0.3 is 5.32 Å². The topological polar surface area (TPSA) is 12.0 Å². The summed E-state index contributed by atoms with van der Waals surface area (Å²) in [6.45, 7) is 10.3. The molecule has 1 nitrogen and oxygen atoms in total. The molecule has 1 N–H and O–H groups in total. The van der Waals surface area contributed by atoms with Crippen LogP contribution in [0, 0.1) is 5.92 Å². The molecular formula is C16H25N. The van der Waals surface area contributed by atoms with Gasteiger partial charge in [-0.2, -0.15) is 0 Å². The summed E-state index contributed by atoms with van der Waals surface area (Å²) in [4.78, 5) is 0. The predicted molar refractivity (Wildman–Crippen MR) is 74.4 cm³/mol. The van der Waals surface area contributed by atoms with Crippen molar-refractivity contribution in [2.24, 2.45) is 5.92 Å². The summed E-state index contributed by atoms with van der Waals surface area (Å²) in [6, 6.07) is 7.69. The van der Waals surface area contributed by atoms with E-state index >= 15 is 0 Å². The first-order valence-electron chi connectivity index (χ1n) is 6.98. The number of nitrogens with one attached hydrogen (secondary N) is 1. The van der Waals surface area contributed by atoms with E-state index in [4.69, 9.17) is 0 Å². The van der Waals surface area contributed by atoms with Crippen molar-refractivity contribution in [3.63, 3.8) is 0 Å². The lowest BCUT2D eigenvalue weighted by atomic mass is 9.84. The van der Waals surface area contributed by atoms with Gasteiger partial charge in [-0.1, -0.05) is 45.9 Å². The Morgan fingerprint density at radius 2 is 2.06 bits per heavy atom. The predicted octanol–water partition coefficient (Wildman–Crippen LogP) is 4.04. The Labute approximate surface area is 106 Å². The summed E-state index contributed by atoms with van der Waals surface area (Å²) in [5, 5.41) is 3.66. The van der Waals surface area contributed by atoms with Crippen molar-refractivity contribution in [1.82, 2.24) is 5.32 Å². The van der Waals surface area contributed by atoms with Crippen LogP contribution in [0.3, 0.4) is 0 Å². The highest BCUT2D eigenvalue weighted by molar-refractivity contribution is 5.38. The summed E-state index contributed by atoms with van der Waals surface area (Å²) >= 11 is 0. The molecule has 0 bridgehead atoms. The van der Waals surface area contributed by atoms with Crippen LogP contribution in [-0.2, 0) is 6.42 Å². The molecule has 0 amide bonds. The van der Waals surface area contributed by atoms with Crippen molar-refractivity contribution in [2.45, 2.75) is 52.5 Å².